The number of hydrazine groups is 1. The van der Waals surface area contributed by atoms with Gasteiger partial charge >= 0.3 is 6.01 Å². The van der Waals surface area contributed by atoms with Gasteiger partial charge < -0.3 is 4.74 Å². The number of hydrogen-bond acceptors (Lipinski definition) is 7. The maximum absolute atomic E-state index is 13.6. The lowest BCUT2D eigenvalue weighted by Crippen LogP contribution is -2.13. The molecule has 0 spiro atoms. The largest absolute Gasteiger partial charge is 0.463 e. The molecule has 0 aliphatic heterocycles. The van der Waals surface area contributed by atoms with Crippen LogP contribution in [-0.2, 0) is 0 Å². The van der Waals surface area contributed by atoms with Crippen molar-refractivity contribution in [1.82, 2.24) is 15.0 Å². The number of aromatic nitrogens is 3. The third kappa shape index (κ3) is 3.78. The molecule has 0 amide bonds. The molecule has 0 aliphatic carbocycles. The van der Waals surface area contributed by atoms with E-state index >= 15 is 0 Å². The molecule has 0 saturated heterocycles. The van der Waals surface area contributed by atoms with Gasteiger partial charge in [0.05, 0.1) is 11.5 Å². The summed E-state index contributed by atoms with van der Waals surface area (Å²) in [6.07, 6.45) is 0.826. The smallest absolute Gasteiger partial charge is 0.322 e. The quantitative estimate of drug-likeness (QED) is 0.624. The zero-order chi connectivity index (χ0) is 14.4. The van der Waals surface area contributed by atoms with Crippen LogP contribution in [-0.4, -0.2) is 21.6 Å². The van der Waals surface area contributed by atoms with Gasteiger partial charge in [-0.2, -0.15) is 15.0 Å². The second-order valence-corrected chi connectivity index (χ2v) is 4.76. The van der Waals surface area contributed by atoms with Gasteiger partial charge in [-0.1, -0.05) is 19.1 Å². The van der Waals surface area contributed by atoms with E-state index in [0.717, 1.165) is 18.2 Å². The van der Waals surface area contributed by atoms with E-state index in [0.29, 0.717) is 16.7 Å². The first kappa shape index (κ1) is 14.5. The van der Waals surface area contributed by atoms with Crippen molar-refractivity contribution in [3.8, 4) is 6.01 Å². The summed E-state index contributed by atoms with van der Waals surface area (Å²) in [5, 5.41) is 0.309. The van der Waals surface area contributed by atoms with Gasteiger partial charge in [0.15, 0.2) is 0 Å². The average Bonchev–Trinajstić information content (AvgIpc) is 2.47. The minimum Gasteiger partial charge on any atom is -0.463 e. The van der Waals surface area contributed by atoms with E-state index in [4.69, 9.17) is 10.6 Å². The van der Waals surface area contributed by atoms with Crippen molar-refractivity contribution >= 4 is 17.7 Å². The summed E-state index contributed by atoms with van der Waals surface area (Å²) >= 11 is 1.08. The number of hydrogen-bond donors (Lipinski definition) is 2. The molecular formula is C12H14FN5OS. The highest BCUT2D eigenvalue weighted by molar-refractivity contribution is 7.99. The average molecular weight is 295 g/mol. The van der Waals surface area contributed by atoms with Crippen LogP contribution < -0.4 is 16.0 Å². The second kappa shape index (κ2) is 7.01. The van der Waals surface area contributed by atoms with Gasteiger partial charge in [-0.15, -0.1) is 0 Å². The maximum Gasteiger partial charge on any atom is 0.322 e. The van der Waals surface area contributed by atoms with Crippen molar-refractivity contribution < 1.29 is 9.13 Å². The summed E-state index contributed by atoms with van der Waals surface area (Å²) in [5.41, 5.74) is 2.34. The van der Waals surface area contributed by atoms with Gasteiger partial charge in [-0.3, -0.25) is 5.43 Å². The van der Waals surface area contributed by atoms with Crippen molar-refractivity contribution in [2.24, 2.45) is 5.84 Å². The van der Waals surface area contributed by atoms with E-state index in [1.54, 1.807) is 18.2 Å². The highest BCUT2D eigenvalue weighted by Crippen LogP contribution is 2.28. The SMILES string of the molecule is CCCOc1nc(NN)nc(Sc2ccccc2F)n1. The number of ether oxygens (including phenoxy) is 1. The summed E-state index contributed by atoms with van der Waals surface area (Å²) in [5.74, 6) is 5.13. The van der Waals surface area contributed by atoms with Gasteiger partial charge in [0.25, 0.3) is 0 Å². The van der Waals surface area contributed by atoms with Crippen LogP contribution in [0.1, 0.15) is 13.3 Å². The molecule has 1 aromatic heterocycles. The van der Waals surface area contributed by atoms with Crippen molar-refractivity contribution in [3.63, 3.8) is 0 Å². The molecule has 0 aliphatic rings. The van der Waals surface area contributed by atoms with E-state index < -0.39 is 0 Å². The topological polar surface area (TPSA) is 86.0 Å². The van der Waals surface area contributed by atoms with Gasteiger partial charge in [0, 0.05) is 0 Å². The lowest BCUT2D eigenvalue weighted by molar-refractivity contribution is 0.288. The van der Waals surface area contributed by atoms with Crippen LogP contribution in [0.4, 0.5) is 10.3 Å². The number of halogens is 1. The molecule has 0 unspecified atom stereocenters. The molecule has 6 nitrogen and oxygen atoms in total. The van der Waals surface area contributed by atoms with Crippen LogP contribution in [0, 0.1) is 5.82 Å². The van der Waals surface area contributed by atoms with Gasteiger partial charge in [0.2, 0.25) is 11.1 Å². The van der Waals surface area contributed by atoms with Crippen molar-refractivity contribution in [2.75, 3.05) is 12.0 Å². The summed E-state index contributed by atoms with van der Waals surface area (Å²) in [6.45, 7) is 2.45. The summed E-state index contributed by atoms with van der Waals surface area (Å²) < 4.78 is 18.9. The lowest BCUT2D eigenvalue weighted by atomic mass is 10.4. The highest BCUT2D eigenvalue weighted by Gasteiger charge is 2.10. The van der Waals surface area contributed by atoms with E-state index in [1.807, 2.05) is 6.92 Å². The first-order valence-electron chi connectivity index (χ1n) is 6.00. The van der Waals surface area contributed by atoms with Crippen LogP contribution in [0.5, 0.6) is 6.01 Å². The lowest BCUT2D eigenvalue weighted by Gasteiger charge is -2.07. The van der Waals surface area contributed by atoms with E-state index in [1.165, 1.54) is 6.07 Å². The van der Waals surface area contributed by atoms with Crippen molar-refractivity contribution in [1.29, 1.82) is 0 Å². The van der Waals surface area contributed by atoms with Gasteiger partial charge in [-0.25, -0.2) is 10.2 Å². The Morgan fingerprint density at radius 3 is 2.80 bits per heavy atom. The highest BCUT2D eigenvalue weighted by atomic mass is 32.2. The predicted molar refractivity (Wildman–Crippen MR) is 73.9 cm³/mol. The molecule has 2 rings (SSSR count). The maximum atomic E-state index is 13.6. The second-order valence-electron chi connectivity index (χ2n) is 3.75. The first-order valence-corrected chi connectivity index (χ1v) is 6.82. The molecule has 0 fully saturated rings. The number of anilines is 1. The summed E-state index contributed by atoms with van der Waals surface area (Å²) in [6, 6.07) is 6.54. The Morgan fingerprint density at radius 2 is 2.10 bits per heavy atom. The van der Waals surface area contributed by atoms with Crippen LogP contribution in [0.2, 0.25) is 0 Å². The predicted octanol–water partition coefficient (Wildman–Crippen LogP) is 2.24. The number of rotatable bonds is 6. The summed E-state index contributed by atoms with van der Waals surface area (Å²) in [7, 11) is 0. The van der Waals surface area contributed by atoms with Crippen molar-refractivity contribution in [2.45, 2.75) is 23.4 Å². The fraction of sp³-hybridized carbons (Fsp3) is 0.250. The van der Waals surface area contributed by atoms with E-state index in [2.05, 4.69) is 20.4 Å². The summed E-state index contributed by atoms with van der Waals surface area (Å²) in [4.78, 5) is 12.6. The first-order chi connectivity index (χ1) is 9.72. The van der Waals surface area contributed by atoms with Crippen molar-refractivity contribution in [3.05, 3.63) is 30.1 Å². The fourth-order valence-corrected chi connectivity index (χ4v) is 2.10. The number of nitrogen functional groups attached to an aromatic ring is 1. The van der Waals surface area contributed by atoms with Crippen LogP contribution in [0.15, 0.2) is 34.3 Å². The minimum atomic E-state index is -0.337. The zero-order valence-electron chi connectivity index (χ0n) is 10.8. The standard InChI is InChI=1S/C12H14FN5OS/c1-2-7-19-11-15-10(18-14)16-12(17-11)20-9-6-4-3-5-8(9)13/h3-6H,2,7,14H2,1H3,(H,15,16,17,18). The molecule has 0 radical (unpaired) electrons. The van der Waals surface area contributed by atoms with Crippen LogP contribution >= 0.6 is 11.8 Å². The molecule has 1 aromatic carbocycles. The molecule has 3 N–H and O–H groups in total. The number of benzene rings is 1. The minimum absolute atomic E-state index is 0.161. The third-order valence-corrected chi connectivity index (χ3v) is 3.11. The number of nitrogens with two attached hydrogens (primary N) is 1. The molecule has 1 heterocycles. The van der Waals surface area contributed by atoms with Crippen LogP contribution in [0.3, 0.4) is 0 Å². The number of nitrogens with one attached hydrogen (secondary N) is 1. The Morgan fingerprint density at radius 1 is 1.30 bits per heavy atom. The molecular weight excluding hydrogens is 281 g/mol. The Bertz CT molecular complexity index is 584. The molecule has 2 aromatic rings. The third-order valence-electron chi connectivity index (χ3n) is 2.20. The Hall–Kier alpha value is -1.93. The Kier molecular flexibility index (Phi) is 5.08. The Labute approximate surface area is 120 Å². The van der Waals surface area contributed by atoms with E-state index in [-0.39, 0.29) is 17.8 Å². The Balaban J connectivity index is 2.24. The molecule has 8 heteroatoms. The monoisotopic (exact) mass is 295 g/mol. The molecule has 20 heavy (non-hydrogen) atoms. The molecule has 0 atom stereocenters. The fourth-order valence-electron chi connectivity index (χ4n) is 1.33. The molecule has 0 bridgehead atoms. The van der Waals surface area contributed by atoms with E-state index in [9.17, 15) is 4.39 Å². The normalized spacial score (nSPS) is 10.3. The molecule has 0 saturated carbocycles. The molecule has 106 valence electrons. The van der Waals surface area contributed by atoms with Gasteiger partial charge in [-0.05, 0) is 30.3 Å². The number of nitrogens with zero attached hydrogens (tertiary/aromatic N) is 3. The van der Waals surface area contributed by atoms with Crippen LogP contribution in [0.25, 0.3) is 0 Å². The van der Waals surface area contributed by atoms with Gasteiger partial charge in [0.1, 0.15) is 5.82 Å². The zero-order valence-corrected chi connectivity index (χ0v) is 11.7.